The Morgan fingerprint density at radius 2 is 1.95 bits per heavy atom. The molecule has 0 bridgehead atoms. The Morgan fingerprint density at radius 3 is 2.58 bits per heavy atom. The van der Waals surface area contributed by atoms with E-state index in [1.54, 1.807) is 7.11 Å². The van der Waals surface area contributed by atoms with Crippen LogP contribution in [-0.4, -0.2) is 25.9 Å². The number of hydrogen-bond donors (Lipinski definition) is 1. The van der Waals surface area contributed by atoms with Crippen molar-refractivity contribution in [1.29, 1.82) is 0 Å². The molecule has 0 radical (unpaired) electrons. The molecular formula is C15H22ClNO2. The van der Waals surface area contributed by atoms with Crippen LogP contribution in [0.25, 0.3) is 0 Å². The standard InChI is InChI=1S/C15H22ClNO2/c1-18-13-3-2-4-14(9-13)19-15(10-17)11-5-7-12(16)8-6-11/h5-8,13-15H,2-4,9-10,17H2,1H3. The van der Waals surface area contributed by atoms with E-state index in [0.717, 1.165) is 36.3 Å². The van der Waals surface area contributed by atoms with Crippen molar-refractivity contribution in [2.75, 3.05) is 13.7 Å². The number of methoxy groups -OCH3 is 1. The van der Waals surface area contributed by atoms with Crippen molar-refractivity contribution in [3.8, 4) is 0 Å². The van der Waals surface area contributed by atoms with Crippen molar-refractivity contribution in [3.63, 3.8) is 0 Å². The second-order valence-electron chi connectivity index (χ2n) is 5.06. The van der Waals surface area contributed by atoms with Crippen LogP contribution in [-0.2, 0) is 9.47 Å². The summed E-state index contributed by atoms with van der Waals surface area (Å²) < 4.78 is 11.6. The summed E-state index contributed by atoms with van der Waals surface area (Å²) in [6.07, 6.45) is 4.83. The molecule has 3 atom stereocenters. The summed E-state index contributed by atoms with van der Waals surface area (Å²) in [5.74, 6) is 0. The molecule has 106 valence electrons. The Bertz CT molecular complexity index is 382. The monoisotopic (exact) mass is 283 g/mol. The average molecular weight is 284 g/mol. The SMILES string of the molecule is COC1CCCC(OC(CN)c2ccc(Cl)cc2)C1. The molecule has 2 rings (SSSR count). The number of hydrogen-bond acceptors (Lipinski definition) is 3. The van der Waals surface area contributed by atoms with Gasteiger partial charge in [-0.1, -0.05) is 23.7 Å². The maximum absolute atomic E-state index is 6.15. The third-order valence-electron chi connectivity index (χ3n) is 3.72. The molecule has 0 aliphatic heterocycles. The van der Waals surface area contributed by atoms with Gasteiger partial charge in [-0.05, 0) is 43.4 Å². The summed E-state index contributed by atoms with van der Waals surface area (Å²) in [6, 6.07) is 7.72. The Balaban J connectivity index is 1.96. The molecule has 3 unspecified atom stereocenters. The van der Waals surface area contributed by atoms with E-state index in [2.05, 4.69) is 0 Å². The van der Waals surface area contributed by atoms with Crippen molar-refractivity contribution in [2.45, 2.75) is 44.0 Å². The summed E-state index contributed by atoms with van der Waals surface area (Å²) in [6.45, 7) is 0.482. The molecule has 4 heteroatoms. The number of halogens is 1. The highest BCUT2D eigenvalue weighted by molar-refractivity contribution is 6.30. The Labute approximate surface area is 120 Å². The Kier molecular flexibility index (Phi) is 5.64. The van der Waals surface area contributed by atoms with E-state index < -0.39 is 0 Å². The molecule has 2 N–H and O–H groups in total. The predicted octanol–water partition coefficient (Wildman–Crippen LogP) is 3.31. The second kappa shape index (κ2) is 7.25. The predicted molar refractivity (Wildman–Crippen MR) is 77.4 cm³/mol. The number of nitrogens with two attached hydrogens (primary N) is 1. The van der Waals surface area contributed by atoms with Crippen molar-refractivity contribution in [2.24, 2.45) is 5.73 Å². The zero-order valence-electron chi connectivity index (χ0n) is 11.3. The lowest BCUT2D eigenvalue weighted by Crippen LogP contribution is -2.30. The lowest BCUT2D eigenvalue weighted by atomic mass is 9.94. The van der Waals surface area contributed by atoms with Gasteiger partial charge in [0.25, 0.3) is 0 Å². The molecular weight excluding hydrogens is 262 g/mol. The van der Waals surface area contributed by atoms with Crippen LogP contribution in [0, 0.1) is 0 Å². The van der Waals surface area contributed by atoms with Crippen LogP contribution < -0.4 is 5.73 Å². The fraction of sp³-hybridized carbons (Fsp3) is 0.600. The highest BCUT2D eigenvalue weighted by Crippen LogP contribution is 2.28. The molecule has 0 aromatic heterocycles. The highest BCUT2D eigenvalue weighted by atomic mass is 35.5. The van der Waals surface area contributed by atoms with E-state index in [-0.39, 0.29) is 12.2 Å². The molecule has 1 aromatic rings. The van der Waals surface area contributed by atoms with Gasteiger partial charge in [0, 0.05) is 18.7 Å². The van der Waals surface area contributed by atoms with Crippen LogP contribution in [0.2, 0.25) is 5.02 Å². The van der Waals surface area contributed by atoms with Crippen molar-refractivity contribution in [3.05, 3.63) is 34.9 Å². The minimum atomic E-state index is -0.0575. The van der Waals surface area contributed by atoms with Gasteiger partial charge in [-0.15, -0.1) is 0 Å². The summed E-state index contributed by atoms with van der Waals surface area (Å²) in [4.78, 5) is 0. The fourth-order valence-electron chi connectivity index (χ4n) is 2.62. The first-order valence-corrected chi connectivity index (χ1v) is 7.24. The quantitative estimate of drug-likeness (QED) is 0.902. The van der Waals surface area contributed by atoms with E-state index in [1.807, 2.05) is 24.3 Å². The summed E-state index contributed by atoms with van der Waals surface area (Å²) in [5, 5.41) is 0.733. The maximum atomic E-state index is 6.15. The van der Waals surface area contributed by atoms with Gasteiger partial charge in [0.05, 0.1) is 18.3 Å². The molecule has 1 fully saturated rings. The topological polar surface area (TPSA) is 44.5 Å². The van der Waals surface area contributed by atoms with Gasteiger partial charge in [-0.2, -0.15) is 0 Å². The Hall–Kier alpha value is -0.610. The van der Waals surface area contributed by atoms with Crippen LogP contribution in [0.4, 0.5) is 0 Å². The normalized spacial score (nSPS) is 25.2. The largest absolute Gasteiger partial charge is 0.381 e. The Morgan fingerprint density at radius 1 is 1.26 bits per heavy atom. The van der Waals surface area contributed by atoms with Gasteiger partial charge in [0.1, 0.15) is 0 Å². The molecule has 1 aliphatic carbocycles. The van der Waals surface area contributed by atoms with Gasteiger partial charge in [0.2, 0.25) is 0 Å². The van der Waals surface area contributed by atoms with Crippen molar-refractivity contribution < 1.29 is 9.47 Å². The molecule has 0 saturated heterocycles. The minimum Gasteiger partial charge on any atom is -0.381 e. The minimum absolute atomic E-state index is 0.0575. The second-order valence-corrected chi connectivity index (χ2v) is 5.49. The van der Waals surface area contributed by atoms with E-state index >= 15 is 0 Å². The third kappa shape index (κ3) is 4.18. The summed E-state index contributed by atoms with van der Waals surface area (Å²) in [5.41, 5.74) is 6.93. The molecule has 0 amide bonds. The zero-order valence-corrected chi connectivity index (χ0v) is 12.1. The lowest BCUT2D eigenvalue weighted by molar-refractivity contribution is -0.0632. The van der Waals surface area contributed by atoms with E-state index in [0.29, 0.717) is 12.6 Å². The fourth-order valence-corrected chi connectivity index (χ4v) is 2.75. The third-order valence-corrected chi connectivity index (χ3v) is 3.98. The van der Waals surface area contributed by atoms with Crippen molar-refractivity contribution >= 4 is 11.6 Å². The molecule has 3 nitrogen and oxygen atoms in total. The average Bonchev–Trinajstić information content (AvgIpc) is 2.46. The van der Waals surface area contributed by atoms with Crippen LogP contribution >= 0.6 is 11.6 Å². The van der Waals surface area contributed by atoms with Gasteiger partial charge in [0.15, 0.2) is 0 Å². The first-order valence-electron chi connectivity index (χ1n) is 6.86. The van der Waals surface area contributed by atoms with Gasteiger partial charge in [-0.3, -0.25) is 0 Å². The molecule has 1 aromatic carbocycles. The van der Waals surface area contributed by atoms with Gasteiger partial charge < -0.3 is 15.2 Å². The number of benzene rings is 1. The lowest BCUT2D eigenvalue weighted by Gasteiger charge is -2.31. The van der Waals surface area contributed by atoms with Gasteiger partial charge in [-0.25, -0.2) is 0 Å². The van der Waals surface area contributed by atoms with E-state index in [4.69, 9.17) is 26.8 Å². The molecule has 19 heavy (non-hydrogen) atoms. The molecule has 1 aliphatic rings. The van der Waals surface area contributed by atoms with Crippen LogP contribution in [0.5, 0.6) is 0 Å². The molecule has 0 heterocycles. The van der Waals surface area contributed by atoms with E-state index in [9.17, 15) is 0 Å². The van der Waals surface area contributed by atoms with Crippen LogP contribution in [0.1, 0.15) is 37.4 Å². The maximum Gasteiger partial charge on any atom is 0.0950 e. The smallest absolute Gasteiger partial charge is 0.0950 e. The van der Waals surface area contributed by atoms with E-state index in [1.165, 1.54) is 0 Å². The van der Waals surface area contributed by atoms with Crippen molar-refractivity contribution in [1.82, 2.24) is 0 Å². The molecule has 1 saturated carbocycles. The van der Waals surface area contributed by atoms with Gasteiger partial charge >= 0.3 is 0 Å². The first-order chi connectivity index (χ1) is 9.22. The first kappa shape index (κ1) is 14.8. The summed E-state index contributed by atoms with van der Waals surface area (Å²) >= 11 is 5.90. The summed E-state index contributed by atoms with van der Waals surface area (Å²) in [7, 11) is 1.77. The zero-order chi connectivity index (χ0) is 13.7. The number of ether oxygens (including phenoxy) is 2. The van der Waals surface area contributed by atoms with Crippen LogP contribution in [0.15, 0.2) is 24.3 Å². The number of rotatable bonds is 5. The van der Waals surface area contributed by atoms with Crippen LogP contribution in [0.3, 0.4) is 0 Å². The highest BCUT2D eigenvalue weighted by Gasteiger charge is 2.25. The molecule has 0 spiro atoms.